The van der Waals surface area contributed by atoms with Crippen molar-refractivity contribution >= 4 is 35.8 Å². The summed E-state index contributed by atoms with van der Waals surface area (Å²) in [6.07, 6.45) is 2.04. The Hall–Kier alpha value is -1.71. The lowest BCUT2D eigenvalue weighted by Gasteiger charge is -2.14. The number of ether oxygens (including phenoxy) is 2. The Morgan fingerprint density at radius 3 is 2.48 bits per heavy atom. The van der Waals surface area contributed by atoms with Crippen LogP contribution in [0.4, 0.5) is 0 Å². The van der Waals surface area contributed by atoms with E-state index >= 15 is 0 Å². The fourth-order valence-electron chi connectivity index (χ4n) is 2.25. The molecule has 0 radical (unpaired) electrons. The third-order valence-electron chi connectivity index (χ3n) is 3.83. The molecule has 0 aliphatic heterocycles. The Balaban J connectivity index is 0.00000312. The number of guanidine groups is 1. The minimum Gasteiger partial charge on any atom is -0.497 e. The lowest BCUT2D eigenvalue weighted by molar-refractivity contribution is -0.122. The zero-order valence-electron chi connectivity index (χ0n) is 14.9. The Kier molecular flexibility index (Phi) is 9.40. The zero-order chi connectivity index (χ0) is 17.4. The number of carbonyl (C=O) groups is 1. The van der Waals surface area contributed by atoms with Gasteiger partial charge in [0.2, 0.25) is 5.91 Å². The minimum absolute atomic E-state index is 0. The van der Waals surface area contributed by atoms with Gasteiger partial charge in [-0.1, -0.05) is 0 Å². The molecule has 0 atom stereocenters. The number of aliphatic imine (C=N–C) groups is 1. The summed E-state index contributed by atoms with van der Waals surface area (Å²) >= 11 is 0. The van der Waals surface area contributed by atoms with Crippen LogP contribution in [0.25, 0.3) is 0 Å². The first-order valence-electron chi connectivity index (χ1n) is 8.11. The SMILES string of the molecule is CN=C(NCCNC(=O)C1CC1)NCc1ccc(OC)cc1OC.I. The average Bonchev–Trinajstić information content (AvgIpc) is 3.46. The normalized spacial score (nSPS) is 13.5. The van der Waals surface area contributed by atoms with E-state index in [-0.39, 0.29) is 35.8 Å². The molecule has 0 spiro atoms. The van der Waals surface area contributed by atoms with E-state index < -0.39 is 0 Å². The Morgan fingerprint density at radius 1 is 1.16 bits per heavy atom. The number of amides is 1. The summed E-state index contributed by atoms with van der Waals surface area (Å²) < 4.78 is 10.6. The Bertz CT molecular complexity index is 591. The highest BCUT2D eigenvalue weighted by molar-refractivity contribution is 14.0. The summed E-state index contributed by atoms with van der Waals surface area (Å²) in [5, 5.41) is 9.31. The molecule has 0 bridgehead atoms. The van der Waals surface area contributed by atoms with Gasteiger partial charge in [-0.3, -0.25) is 9.79 Å². The van der Waals surface area contributed by atoms with E-state index in [2.05, 4.69) is 20.9 Å². The van der Waals surface area contributed by atoms with Crippen LogP contribution in [0, 0.1) is 5.92 Å². The largest absolute Gasteiger partial charge is 0.497 e. The summed E-state index contributed by atoms with van der Waals surface area (Å²) in [7, 11) is 4.97. The van der Waals surface area contributed by atoms with Gasteiger partial charge in [0.15, 0.2) is 5.96 Å². The van der Waals surface area contributed by atoms with Crippen LogP contribution in [0.2, 0.25) is 0 Å². The summed E-state index contributed by atoms with van der Waals surface area (Å²) in [5.74, 6) is 2.58. The highest BCUT2D eigenvalue weighted by Crippen LogP contribution is 2.28. The van der Waals surface area contributed by atoms with Crippen molar-refractivity contribution in [3.8, 4) is 11.5 Å². The molecule has 140 valence electrons. The summed E-state index contributed by atoms with van der Waals surface area (Å²) in [6, 6.07) is 5.69. The number of carbonyl (C=O) groups excluding carboxylic acids is 1. The lowest BCUT2D eigenvalue weighted by atomic mass is 10.2. The van der Waals surface area contributed by atoms with Crippen molar-refractivity contribution in [1.82, 2.24) is 16.0 Å². The van der Waals surface area contributed by atoms with Crippen molar-refractivity contribution in [3.63, 3.8) is 0 Å². The molecule has 3 N–H and O–H groups in total. The number of rotatable bonds is 8. The zero-order valence-corrected chi connectivity index (χ0v) is 17.3. The molecular weight excluding hydrogens is 435 g/mol. The van der Waals surface area contributed by atoms with Crippen LogP contribution in [0.15, 0.2) is 23.2 Å². The van der Waals surface area contributed by atoms with Crippen LogP contribution in [-0.2, 0) is 11.3 Å². The van der Waals surface area contributed by atoms with Gasteiger partial charge in [0.1, 0.15) is 11.5 Å². The Labute approximate surface area is 166 Å². The molecule has 1 saturated carbocycles. The molecule has 1 aromatic rings. The quantitative estimate of drug-likeness (QED) is 0.236. The first kappa shape index (κ1) is 21.3. The van der Waals surface area contributed by atoms with Gasteiger partial charge in [-0.05, 0) is 25.0 Å². The van der Waals surface area contributed by atoms with E-state index in [0.717, 1.165) is 29.9 Å². The number of methoxy groups -OCH3 is 2. The van der Waals surface area contributed by atoms with Crippen LogP contribution >= 0.6 is 24.0 Å². The highest BCUT2D eigenvalue weighted by atomic mass is 127. The fourth-order valence-corrected chi connectivity index (χ4v) is 2.25. The molecule has 0 unspecified atom stereocenters. The molecule has 1 fully saturated rings. The average molecular weight is 462 g/mol. The van der Waals surface area contributed by atoms with E-state index in [1.54, 1.807) is 21.3 Å². The summed E-state index contributed by atoms with van der Waals surface area (Å²) in [5.41, 5.74) is 1.00. The van der Waals surface area contributed by atoms with Crippen molar-refractivity contribution in [2.75, 3.05) is 34.4 Å². The van der Waals surface area contributed by atoms with E-state index in [1.807, 2.05) is 18.2 Å². The topological polar surface area (TPSA) is 84.0 Å². The first-order chi connectivity index (χ1) is 11.7. The van der Waals surface area contributed by atoms with Gasteiger partial charge in [0.05, 0.1) is 14.2 Å². The smallest absolute Gasteiger partial charge is 0.223 e. The second-order valence-electron chi connectivity index (χ2n) is 5.60. The van der Waals surface area contributed by atoms with E-state index in [1.165, 1.54) is 0 Å². The number of nitrogens with one attached hydrogen (secondary N) is 3. The molecule has 8 heteroatoms. The van der Waals surface area contributed by atoms with Gasteiger partial charge in [-0.25, -0.2) is 0 Å². The van der Waals surface area contributed by atoms with Gasteiger partial charge >= 0.3 is 0 Å². The number of hydrogen-bond donors (Lipinski definition) is 3. The molecule has 0 aromatic heterocycles. The molecule has 25 heavy (non-hydrogen) atoms. The van der Waals surface area contributed by atoms with Gasteiger partial charge in [0, 0.05) is 44.2 Å². The minimum atomic E-state index is 0. The molecule has 1 aromatic carbocycles. The maximum atomic E-state index is 11.5. The monoisotopic (exact) mass is 462 g/mol. The maximum Gasteiger partial charge on any atom is 0.223 e. The third-order valence-corrected chi connectivity index (χ3v) is 3.83. The van der Waals surface area contributed by atoms with Crippen LogP contribution in [0.5, 0.6) is 11.5 Å². The van der Waals surface area contributed by atoms with Crippen molar-refractivity contribution in [1.29, 1.82) is 0 Å². The molecule has 2 rings (SSSR count). The molecule has 1 aliphatic carbocycles. The summed E-state index contributed by atoms with van der Waals surface area (Å²) in [4.78, 5) is 15.7. The van der Waals surface area contributed by atoms with E-state index in [4.69, 9.17) is 9.47 Å². The number of halogens is 1. The summed E-state index contributed by atoms with van der Waals surface area (Å²) in [6.45, 7) is 1.78. The molecule has 0 saturated heterocycles. The number of hydrogen-bond acceptors (Lipinski definition) is 4. The van der Waals surface area contributed by atoms with E-state index in [9.17, 15) is 4.79 Å². The molecular formula is C17H27IN4O3. The van der Waals surface area contributed by atoms with E-state index in [0.29, 0.717) is 25.6 Å². The lowest BCUT2D eigenvalue weighted by Crippen LogP contribution is -2.41. The predicted octanol–water partition coefficient (Wildman–Crippen LogP) is 1.51. The van der Waals surface area contributed by atoms with Crippen LogP contribution in [-0.4, -0.2) is 46.2 Å². The molecule has 1 amide bonds. The third kappa shape index (κ3) is 6.97. The van der Waals surface area contributed by atoms with Gasteiger partial charge < -0.3 is 25.4 Å². The maximum absolute atomic E-state index is 11.5. The molecule has 1 aliphatic rings. The first-order valence-corrected chi connectivity index (χ1v) is 8.11. The van der Waals surface area contributed by atoms with Crippen LogP contribution in [0.3, 0.4) is 0 Å². The standard InChI is InChI=1S/C17H26N4O3.HI/c1-18-17(20-9-8-19-16(22)12-4-5-12)21-11-13-6-7-14(23-2)10-15(13)24-3;/h6-7,10,12H,4-5,8-9,11H2,1-3H3,(H,19,22)(H2,18,20,21);1H. The van der Waals surface area contributed by atoms with Crippen molar-refractivity contribution in [2.45, 2.75) is 19.4 Å². The Morgan fingerprint density at radius 2 is 1.88 bits per heavy atom. The second kappa shape index (κ2) is 11.0. The van der Waals surface area contributed by atoms with Gasteiger partial charge in [-0.15, -0.1) is 24.0 Å². The van der Waals surface area contributed by atoms with Gasteiger partial charge in [0.25, 0.3) is 0 Å². The number of benzene rings is 1. The second-order valence-corrected chi connectivity index (χ2v) is 5.60. The van der Waals surface area contributed by atoms with Crippen LogP contribution < -0.4 is 25.4 Å². The van der Waals surface area contributed by atoms with Gasteiger partial charge in [-0.2, -0.15) is 0 Å². The van der Waals surface area contributed by atoms with Crippen molar-refractivity contribution in [3.05, 3.63) is 23.8 Å². The highest BCUT2D eigenvalue weighted by Gasteiger charge is 2.28. The number of nitrogens with zero attached hydrogens (tertiary/aromatic N) is 1. The van der Waals surface area contributed by atoms with Crippen molar-refractivity contribution in [2.24, 2.45) is 10.9 Å². The fraction of sp³-hybridized carbons (Fsp3) is 0.529. The van der Waals surface area contributed by atoms with Crippen molar-refractivity contribution < 1.29 is 14.3 Å². The predicted molar refractivity (Wildman–Crippen MR) is 109 cm³/mol. The molecule has 7 nitrogen and oxygen atoms in total. The van der Waals surface area contributed by atoms with Crippen LogP contribution in [0.1, 0.15) is 18.4 Å². The molecule has 0 heterocycles.